The summed E-state index contributed by atoms with van der Waals surface area (Å²) in [5.41, 5.74) is 6.53. The summed E-state index contributed by atoms with van der Waals surface area (Å²) in [5, 5.41) is 4.07. The van der Waals surface area contributed by atoms with Crippen LogP contribution in [0.2, 0.25) is 0 Å². The number of carbonyl (C=O) groups is 1. The van der Waals surface area contributed by atoms with Gasteiger partial charge in [-0.15, -0.1) is 0 Å². The van der Waals surface area contributed by atoms with Crippen LogP contribution in [0.1, 0.15) is 18.4 Å². The fourth-order valence-electron chi connectivity index (χ4n) is 1.82. The molecule has 82 valence electrons. The van der Waals surface area contributed by atoms with Gasteiger partial charge in [0, 0.05) is 24.8 Å². The van der Waals surface area contributed by atoms with Gasteiger partial charge in [-0.1, -0.05) is 0 Å². The van der Waals surface area contributed by atoms with Crippen molar-refractivity contribution in [2.24, 2.45) is 0 Å². The number of carbonyl (C=O) groups excluding carboxylic acids is 1. The summed E-state index contributed by atoms with van der Waals surface area (Å²) in [7, 11) is 0. The van der Waals surface area contributed by atoms with Crippen molar-refractivity contribution in [2.75, 3.05) is 18.8 Å². The zero-order chi connectivity index (χ0) is 10.8. The van der Waals surface area contributed by atoms with Gasteiger partial charge in [-0.2, -0.15) is 5.10 Å². The van der Waals surface area contributed by atoms with Gasteiger partial charge in [0.05, 0.1) is 0 Å². The fourth-order valence-corrected chi connectivity index (χ4v) is 1.82. The molecule has 1 amide bonds. The molecule has 0 saturated carbocycles. The topological polar surface area (TPSA) is 64.2 Å². The second kappa shape index (κ2) is 3.92. The van der Waals surface area contributed by atoms with Crippen LogP contribution < -0.4 is 5.73 Å². The second-order valence-electron chi connectivity index (χ2n) is 3.98. The molecule has 2 N–H and O–H groups in total. The van der Waals surface area contributed by atoms with Gasteiger partial charge in [0.15, 0.2) is 0 Å². The number of nitrogens with two attached hydrogens (primary N) is 1. The zero-order valence-electron chi connectivity index (χ0n) is 8.94. The first-order chi connectivity index (χ1) is 7.16. The van der Waals surface area contributed by atoms with Crippen LogP contribution >= 0.6 is 0 Å². The quantitative estimate of drug-likeness (QED) is 0.765. The average Bonchev–Trinajstić information content (AvgIpc) is 2.77. The van der Waals surface area contributed by atoms with Crippen LogP contribution in [0.25, 0.3) is 0 Å². The van der Waals surface area contributed by atoms with Crippen LogP contribution in [0.4, 0.5) is 5.82 Å². The summed E-state index contributed by atoms with van der Waals surface area (Å²) in [4.78, 5) is 13.6. The van der Waals surface area contributed by atoms with Gasteiger partial charge >= 0.3 is 0 Å². The van der Waals surface area contributed by atoms with Crippen molar-refractivity contribution < 1.29 is 4.79 Å². The molecule has 1 saturated heterocycles. The molecule has 5 heteroatoms. The van der Waals surface area contributed by atoms with E-state index >= 15 is 0 Å². The molecular formula is C10H16N4O. The Labute approximate surface area is 88.8 Å². The minimum absolute atomic E-state index is 0.134. The number of aryl methyl sites for hydroxylation is 1. The first kappa shape index (κ1) is 10.0. The Kier molecular flexibility index (Phi) is 2.62. The molecule has 0 aliphatic carbocycles. The van der Waals surface area contributed by atoms with Gasteiger partial charge in [0.1, 0.15) is 12.4 Å². The number of nitrogen functional groups attached to an aromatic ring is 1. The number of anilines is 1. The van der Waals surface area contributed by atoms with Gasteiger partial charge in [-0.3, -0.25) is 9.48 Å². The number of aromatic nitrogens is 2. The average molecular weight is 208 g/mol. The van der Waals surface area contributed by atoms with Crippen molar-refractivity contribution in [3.8, 4) is 0 Å². The van der Waals surface area contributed by atoms with Crippen LogP contribution in [0.5, 0.6) is 0 Å². The molecule has 0 unspecified atom stereocenters. The zero-order valence-corrected chi connectivity index (χ0v) is 8.94. The Morgan fingerprint density at radius 3 is 2.73 bits per heavy atom. The van der Waals surface area contributed by atoms with Crippen LogP contribution in [-0.4, -0.2) is 33.7 Å². The molecular weight excluding hydrogens is 192 g/mol. The molecule has 0 aromatic carbocycles. The predicted molar refractivity (Wildman–Crippen MR) is 57.2 cm³/mol. The summed E-state index contributed by atoms with van der Waals surface area (Å²) in [6.45, 7) is 3.96. The Morgan fingerprint density at radius 1 is 1.53 bits per heavy atom. The Morgan fingerprint density at radius 2 is 2.20 bits per heavy atom. The molecule has 0 bridgehead atoms. The highest BCUT2D eigenvalue weighted by Gasteiger charge is 2.18. The lowest BCUT2D eigenvalue weighted by Gasteiger charge is -2.14. The molecule has 0 radical (unpaired) electrons. The molecule has 1 aliphatic rings. The molecule has 0 atom stereocenters. The smallest absolute Gasteiger partial charge is 0.244 e. The van der Waals surface area contributed by atoms with E-state index in [1.54, 1.807) is 4.68 Å². The molecule has 0 spiro atoms. The minimum Gasteiger partial charge on any atom is -0.382 e. The van der Waals surface area contributed by atoms with Gasteiger partial charge in [0.2, 0.25) is 5.91 Å². The molecule has 2 rings (SSSR count). The van der Waals surface area contributed by atoms with Crippen LogP contribution in [0, 0.1) is 6.92 Å². The maximum absolute atomic E-state index is 11.8. The lowest BCUT2D eigenvalue weighted by atomic mass is 10.4. The Balaban J connectivity index is 1.99. The van der Waals surface area contributed by atoms with Gasteiger partial charge in [0.25, 0.3) is 0 Å². The number of hydrogen-bond acceptors (Lipinski definition) is 3. The van der Waals surface area contributed by atoms with E-state index < -0.39 is 0 Å². The molecule has 1 fully saturated rings. The minimum atomic E-state index is 0.134. The summed E-state index contributed by atoms with van der Waals surface area (Å²) in [5.74, 6) is 0.638. The standard InChI is InChI=1S/C10H16N4O/c1-8-6-14(12-10(8)11)7-9(15)13-4-2-3-5-13/h6H,2-5,7H2,1H3,(H2,11,12). The Bertz CT molecular complexity index is 346. The normalized spacial score (nSPS) is 15.9. The van der Waals surface area contributed by atoms with Gasteiger partial charge < -0.3 is 10.6 Å². The highest BCUT2D eigenvalue weighted by atomic mass is 16.2. The van der Waals surface area contributed by atoms with Crippen LogP contribution in [-0.2, 0) is 11.3 Å². The first-order valence-corrected chi connectivity index (χ1v) is 5.24. The molecule has 1 aromatic heterocycles. The lowest BCUT2D eigenvalue weighted by molar-refractivity contribution is -0.130. The van der Waals surface area contributed by atoms with E-state index in [9.17, 15) is 4.79 Å². The number of hydrogen-bond donors (Lipinski definition) is 1. The maximum Gasteiger partial charge on any atom is 0.244 e. The monoisotopic (exact) mass is 208 g/mol. The molecule has 1 aromatic rings. The van der Waals surface area contributed by atoms with Crippen LogP contribution in [0.3, 0.4) is 0 Å². The van der Waals surface area contributed by atoms with Crippen molar-refractivity contribution in [1.29, 1.82) is 0 Å². The number of amides is 1. The third kappa shape index (κ3) is 2.11. The Hall–Kier alpha value is -1.52. The van der Waals surface area contributed by atoms with Crippen molar-refractivity contribution in [3.05, 3.63) is 11.8 Å². The number of likely N-dealkylation sites (tertiary alicyclic amines) is 1. The van der Waals surface area contributed by atoms with Crippen LogP contribution in [0.15, 0.2) is 6.20 Å². The van der Waals surface area contributed by atoms with Gasteiger partial charge in [-0.25, -0.2) is 0 Å². The number of rotatable bonds is 2. The van der Waals surface area contributed by atoms with E-state index in [1.165, 1.54) is 0 Å². The molecule has 15 heavy (non-hydrogen) atoms. The largest absolute Gasteiger partial charge is 0.382 e. The second-order valence-corrected chi connectivity index (χ2v) is 3.98. The third-order valence-corrected chi connectivity index (χ3v) is 2.74. The van der Waals surface area contributed by atoms with E-state index in [-0.39, 0.29) is 5.91 Å². The molecule has 5 nitrogen and oxygen atoms in total. The van der Waals surface area contributed by atoms with E-state index in [0.29, 0.717) is 12.4 Å². The molecule has 1 aliphatic heterocycles. The summed E-state index contributed by atoms with van der Waals surface area (Å²) in [6.07, 6.45) is 4.04. The SMILES string of the molecule is Cc1cn(CC(=O)N2CCCC2)nc1N. The number of nitrogens with zero attached hydrogens (tertiary/aromatic N) is 3. The van der Waals surface area contributed by atoms with E-state index in [0.717, 1.165) is 31.5 Å². The third-order valence-electron chi connectivity index (χ3n) is 2.74. The van der Waals surface area contributed by atoms with E-state index in [1.807, 2.05) is 18.0 Å². The van der Waals surface area contributed by atoms with Crippen molar-refractivity contribution in [1.82, 2.24) is 14.7 Å². The fraction of sp³-hybridized carbons (Fsp3) is 0.600. The van der Waals surface area contributed by atoms with Crippen molar-refractivity contribution in [2.45, 2.75) is 26.3 Å². The van der Waals surface area contributed by atoms with Crippen molar-refractivity contribution >= 4 is 11.7 Å². The van der Waals surface area contributed by atoms with Crippen molar-refractivity contribution in [3.63, 3.8) is 0 Å². The first-order valence-electron chi connectivity index (χ1n) is 5.24. The summed E-state index contributed by atoms with van der Waals surface area (Å²) < 4.78 is 1.62. The highest BCUT2D eigenvalue weighted by molar-refractivity contribution is 5.76. The summed E-state index contributed by atoms with van der Waals surface area (Å²) in [6, 6.07) is 0. The highest BCUT2D eigenvalue weighted by Crippen LogP contribution is 2.10. The predicted octanol–water partition coefficient (Wildman–Crippen LogP) is 0.396. The molecule has 2 heterocycles. The summed E-state index contributed by atoms with van der Waals surface area (Å²) >= 11 is 0. The van der Waals surface area contributed by atoms with Gasteiger partial charge in [-0.05, 0) is 19.8 Å². The van der Waals surface area contributed by atoms with E-state index in [4.69, 9.17) is 5.73 Å². The van der Waals surface area contributed by atoms with E-state index in [2.05, 4.69) is 5.10 Å². The lowest BCUT2D eigenvalue weighted by Crippen LogP contribution is -2.31. The maximum atomic E-state index is 11.8.